The molecule has 0 N–H and O–H groups in total. The lowest BCUT2D eigenvalue weighted by molar-refractivity contribution is -0.133. The van der Waals surface area contributed by atoms with Gasteiger partial charge in [0.25, 0.3) is 0 Å². The normalized spacial score (nSPS) is 21.7. The van der Waals surface area contributed by atoms with Crippen molar-refractivity contribution in [3.63, 3.8) is 0 Å². The molecule has 1 aliphatic heterocycles. The summed E-state index contributed by atoms with van der Waals surface area (Å²) in [5, 5.41) is 14.8. The molecule has 1 aliphatic carbocycles. The molecule has 4 rings (SSSR count). The molecule has 128 valence electrons. The van der Waals surface area contributed by atoms with Crippen LogP contribution in [0.1, 0.15) is 44.9 Å². The van der Waals surface area contributed by atoms with Gasteiger partial charge >= 0.3 is 0 Å². The van der Waals surface area contributed by atoms with Gasteiger partial charge in [0.05, 0.1) is 17.5 Å². The van der Waals surface area contributed by atoms with Crippen LogP contribution < -0.4 is 0 Å². The minimum atomic E-state index is 0.212. The number of carbonyl (C=O) groups excluding carboxylic acids is 1. The third kappa shape index (κ3) is 3.36. The minimum Gasteiger partial charge on any atom is -0.338 e. The quantitative estimate of drug-likeness (QED) is 0.836. The molecule has 7 heteroatoms. The van der Waals surface area contributed by atoms with Crippen LogP contribution in [-0.2, 0) is 11.3 Å². The van der Waals surface area contributed by atoms with Crippen molar-refractivity contribution in [2.24, 2.45) is 5.92 Å². The molecular weight excluding hydrogens is 322 g/mol. The molecule has 3 heterocycles. The van der Waals surface area contributed by atoms with Crippen LogP contribution in [0.3, 0.4) is 0 Å². The zero-order valence-electron chi connectivity index (χ0n) is 13.8. The van der Waals surface area contributed by atoms with Crippen molar-refractivity contribution in [1.29, 1.82) is 0 Å². The Kier molecular flexibility index (Phi) is 4.60. The molecule has 1 saturated heterocycles. The monoisotopic (exact) mass is 345 g/mol. The van der Waals surface area contributed by atoms with Crippen molar-refractivity contribution in [2.45, 2.75) is 57.5 Å². The van der Waals surface area contributed by atoms with Gasteiger partial charge < -0.3 is 4.90 Å². The third-order valence-corrected chi connectivity index (χ3v) is 6.07. The molecule has 0 aromatic carbocycles. The van der Waals surface area contributed by atoms with Crippen LogP contribution in [0.25, 0.3) is 10.7 Å². The van der Waals surface area contributed by atoms with Gasteiger partial charge in [-0.3, -0.25) is 4.79 Å². The van der Waals surface area contributed by atoms with E-state index in [1.165, 1.54) is 25.7 Å². The molecule has 1 amide bonds. The van der Waals surface area contributed by atoms with E-state index in [1.54, 1.807) is 16.1 Å². The average Bonchev–Trinajstić information content (AvgIpc) is 3.36. The summed E-state index contributed by atoms with van der Waals surface area (Å²) in [5.74, 6) is 1.60. The van der Waals surface area contributed by atoms with Crippen LogP contribution in [0.4, 0.5) is 0 Å². The maximum absolute atomic E-state index is 12.7. The van der Waals surface area contributed by atoms with Crippen LogP contribution in [0.2, 0.25) is 0 Å². The maximum atomic E-state index is 12.7. The smallest absolute Gasteiger partial charge is 0.223 e. The van der Waals surface area contributed by atoms with E-state index in [9.17, 15) is 4.79 Å². The Morgan fingerprint density at radius 1 is 1.25 bits per heavy atom. The van der Waals surface area contributed by atoms with Crippen molar-refractivity contribution in [1.82, 2.24) is 25.1 Å². The summed E-state index contributed by atoms with van der Waals surface area (Å²) in [5.41, 5.74) is 0. The highest BCUT2D eigenvalue weighted by Gasteiger charge is 2.31. The number of thiophene rings is 1. The molecule has 0 unspecified atom stereocenters. The Balaban J connectivity index is 1.39. The predicted molar refractivity (Wildman–Crippen MR) is 92.4 cm³/mol. The molecule has 24 heavy (non-hydrogen) atoms. The maximum Gasteiger partial charge on any atom is 0.223 e. The van der Waals surface area contributed by atoms with Crippen LogP contribution in [0, 0.1) is 5.92 Å². The molecule has 0 bridgehead atoms. The van der Waals surface area contributed by atoms with Crippen LogP contribution in [-0.4, -0.2) is 43.6 Å². The molecule has 0 spiro atoms. The summed E-state index contributed by atoms with van der Waals surface area (Å²) in [6, 6.07) is 4.20. The predicted octanol–water partition coefficient (Wildman–Crippen LogP) is 2.97. The van der Waals surface area contributed by atoms with E-state index in [-0.39, 0.29) is 6.04 Å². The Morgan fingerprint density at radius 2 is 2.12 bits per heavy atom. The lowest BCUT2D eigenvalue weighted by atomic mass is 10.0. The number of nitrogens with zero attached hydrogens (tertiary/aromatic N) is 5. The zero-order valence-corrected chi connectivity index (χ0v) is 14.6. The summed E-state index contributed by atoms with van der Waals surface area (Å²) in [4.78, 5) is 17.4. The van der Waals surface area contributed by atoms with E-state index in [0.717, 1.165) is 30.7 Å². The largest absolute Gasteiger partial charge is 0.338 e. The molecule has 2 fully saturated rings. The van der Waals surface area contributed by atoms with Gasteiger partial charge in [0.1, 0.15) is 0 Å². The summed E-state index contributed by atoms with van der Waals surface area (Å²) < 4.78 is 0. The topological polar surface area (TPSA) is 63.9 Å². The fraction of sp³-hybridized carbons (Fsp3) is 0.647. The first-order valence-corrected chi connectivity index (χ1v) is 9.79. The van der Waals surface area contributed by atoms with Crippen LogP contribution >= 0.6 is 11.3 Å². The van der Waals surface area contributed by atoms with Gasteiger partial charge in [-0.2, -0.15) is 4.80 Å². The Morgan fingerprint density at radius 3 is 2.92 bits per heavy atom. The van der Waals surface area contributed by atoms with Gasteiger partial charge in [-0.15, -0.1) is 21.5 Å². The Hall–Kier alpha value is -1.76. The van der Waals surface area contributed by atoms with Crippen molar-refractivity contribution in [3.05, 3.63) is 17.5 Å². The van der Waals surface area contributed by atoms with E-state index in [2.05, 4.69) is 20.3 Å². The van der Waals surface area contributed by atoms with Gasteiger partial charge in [-0.05, 0) is 48.3 Å². The molecule has 2 aromatic rings. The van der Waals surface area contributed by atoms with Gasteiger partial charge in [0, 0.05) is 13.0 Å². The first kappa shape index (κ1) is 15.7. The molecule has 1 saturated carbocycles. The average molecular weight is 345 g/mol. The first-order chi connectivity index (χ1) is 11.8. The molecule has 6 nitrogen and oxygen atoms in total. The van der Waals surface area contributed by atoms with E-state index >= 15 is 0 Å². The number of aromatic nitrogens is 4. The van der Waals surface area contributed by atoms with Crippen molar-refractivity contribution in [2.75, 3.05) is 6.54 Å². The zero-order chi connectivity index (χ0) is 16.4. The van der Waals surface area contributed by atoms with Crippen LogP contribution in [0.5, 0.6) is 0 Å². The molecule has 2 aliphatic rings. The fourth-order valence-electron chi connectivity index (χ4n) is 3.95. The van der Waals surface area contributed by atoms with E-state index in [0.29, 0.717) is 24.2 Å². The lowest BCUT2D eigenvalue weighted by Crippen LogP contribution is -2.39. The van der Waals surface area contributed by atoms with Gasteiger partial charge in [0.15, 0.2) is 0 Å². The summed E-state index contributed by atoms with van der Waals surface area (Å²) >= 11 is 1.61. The summed E-state index contributed by atoms with van der Waals surface area (Å²) in [6.45, 7) is 1.53. The van der Waals surface area contributed by atoms with E-state index in [4.69, 9.17) is 0 Å². The Bertz CT molecular complexity index is 677. The number of hydrogen-bond donors (Lipinski definition) is 0. The SMILES string of the molecule is O=C(CC1CCCC1)N1CCC[C@@H]1Cn1nnc(-c2cccs2)n1. The minimum absolute atomic E-state index is 0.212. The highest BCUT2D eigenvalue weighted by atomic mass is 32.1. The van der Waals surface area contributed by atoms with Gasteiger partial charge in [-0.25, -0.2) is 0 Å². The second kappa shape index (κ2) is 7.01. The van der Waals surface area contributed by atoms with E-state index in [1.807, 2.05) is 17.5 Å². The Labute approximate surface area is 145 Å². The summed E-state index contributed by atoms with van der Waals surface area (Å²) in [6.07, 6.45) is 7.85. The van der Waals surface area contributed by atoms with Crippen molar-refractivity contribution in [3.8, 4) is 10.7 Å². The van der Waals surface area contributed by atoms with Crippen LogP contribution in [0.15, 0.2) is 17.5 Å². The van der Waals surface area contributed by atoms with Gasteiger partial charge in [-0.1, -0.05) is 18.9 Å². The highest BCUT2D eigenvalue weighted by molar-refractivity contribution is 7.13. The molecule has 1 atom stereocenters. The van der Waals surface area contributed by atoms with Crippen molar-refractivity contribution < 1.29 is 4.79 Å². The fourth-order valence-corrected chi connectivity index (χ4v) is 4.59. The standard InChI is InChI=1S/C17H23N5OS/c23-16(11-13-5-1-2-6-13)21-9-3-7-14(21)12-22-19-17(18-20-22)15-8-4-10-24-15/h4,8,10,13-14H,1-3,5-7,9,11-12H2/t14-/m1/s1. The number of tetrazole rings is 1. The molecule has 2 aromatic heterocycles. The van der Waals surface area contributed by atoms with E-state index < -0.39 is 0 Å². The number of amides is 1. The number of hydrogen-bond acceptors (Lipinski definition) is 5. The van der Waals surface area contributed by atoms with Gasteiger partial charge in [0.2, 0.25) is 11.7 Å². The molecule has 0 radical (unpaired) electrons. The second-order valence-electron chi connectivity index (χ2n) is 6.88. The second-order valence-corrected chi connectivity index (χ2v) is 7.83. The number of carbonyl (C=O) groups is 1. The summed E-state index contributed by atoms with van der Waals surface area (Å²) in [7, 11) is 0. The lowest BCUT2D eigenvalue weighted by Gasteiger charge is -2.25. The third-order valence-electron chi connectivity index (χ3n) is 5.20. The number of rotatable bonds is 5. The number of likely N-dealkylation sites (tertiary alicyclic amines) is 1. The highest BCUT2D eigenvalue weighted by Crippen LogP contribution is 2.30. The molecular formula is C17H23N5OS. The first-order valence-electron chi connectivity index (χ1n) is 8.91. The van der Waals surface area contributed by atoms with Crippen molar-refractivity contribution >= 4 is 17.2 Å².